The van der Waals surface area contributed by atoms with Gasteiger partial charge in [-0.1, -0.05) is 23.7 Å². The minimum absolute atomic E-state index is 0.00306. The largest absolute Gasteiger partial charge is 0.332 e. The van der Waals surface area contributed by atoms with Gasteiger partial charge in [-0.25, -0.2) is 0 Å². The van der Waals surface area contributed by atoms with E-state index in [1.807, 2.05) is 45.0 Å². The smallest absolute Gasteiger partial charge is 0.238 e. The number of rotatable bonds is 4. The molecule has 0 heterocycles. The van der Waals surface area contributed by atoms with Gasteiger partial charge in [-0.2, -0.15) is 0 Å². The van der Waals surface area contributed by atoms with E-state index in [0.717, 1.165) is 5.56 Å². The minimum Gasteiger partial charge on any atom is -0.332 e. The highest BCUT2D eigenvalue weighted by molar-refractivity contribution is 6.30. The lowest BCUT2D eigenvalue weighted by Gasteiger charge is -2.32. The van der Waals surface area contributed by atoms with Gasteiger partial charge in [-0.15, -0.1) is 11.6 Å². The fourth-order valence-electron chi connectivity index (χ4n) is 1.95. The molecule has 4 heteroatoms. The molecule has 1 aromatic rings. The maximum absolute atomic E-state index is 11.8. The number of nitrogens with zero attached hydrogens (tertiary/aromatic N) is 1. The molecule has 0 saturated carbocycles. The Morgan fingerprint density at radius 2 is 2.00 bits per heavy atom. The Kier molecular flexibility index (Phi) is 5.29. The van der Waals surface area contributed by atoms with E-state index in [-0.39, 0.29) is 23.9 Å². The maximum atomic E-state index is 11.8. The van der Waals surface area contributed by atoms with Crippen LogP contribution in [-0.4, -0.2) is 22.7 Å². The summed E-state index contributed by atoms with van der Waals surface area (Å²) in [6.07, 6.45) is 0. The topological polar surface area (TPSA) is 20.3 Å². The molecule has 0 aliphatic heterocycles. The molecule has 1 atom stereocenters. The van der Waals surface area contributed by atoms with Crippen molar-refractivity contribution in [2.45, 2.75) is 32.9 Å². The third kappa shape index (κ3) is 3.62. The lowest BCUT2D eigenvalue weighted by atomic mass is 10.1. The second-order valence-electron chi connectivity index (χ2n) is 4.26. The van der Waals surface area contributed by atoms with Crippen molar-refractivity contribution in [1.82, 2.24) is 4.90 Å². The fraction of sp³-hybridized carbons (Fsp3) is 0.462. The van der Waals surface area contributed by atoms with Crippen LogP contribution in [0.2, 0.25) is 5.02 Å². The van der Waals surface area contributed by atoms with Gasteiger partial charge in [0.25, 0.3) is 0 Å². The van der Waals surface area contributed by atoms with Crippen LogP contribution in [0.3, 0.4) is 0 Å². The molecule has 94 valence electrons. The second kappa shape index (κ2) is 6.27. The summed E-state index contributed by atoms with van der Waals surface area (Å²) in [4.78, 5) is 13.6. The number of carbonyl (C=O) groups excluding carboxylic acids is 1. The van der Waals surface area contributed by atoms with Crippen molar-refractivity contribution in [2.75, 3.05) is 5.88 Å². The van der Waals surface area contributed by atoms with Gasteiger partial charge in [0, 0.05) is 11.1 Å². The number of benzene rings is 1. The zero-order valence-electron chi connectivity index (χ0n) is 10.3. The van der Waals surface area contributed by atoms with Crippen LogP contribution in [0.4, 0.5) is 0 Å². The Bertz CT molecular complexity index is 393. The van der Waals surface area contributed by atoms with Crippen molar-refractivity contribution in [2.24, 2.45) is 0 Å². The Morgan fingerprint density at radius 3 is 2.47 bits per heavy atom. The van der Waals surface area contributed by atoms with E-state index in [0.29, 0.717) is 5.02 Å². The molecule has 1 aromatic carbocycles. The number of amides is 1. The van der Waals surface area contributed by atoms with Crippen molar-refractivity contribution in [3.05, 3.63) is 34.9 Å². The van der Waals surface area contributed by atoms with E-state index in [4.69, 9.17) is 23.2 Å². The zero-order valence-corrected chi connectivity index (χ0v) is 11.8. The monoisotopic (exact) mass is 273 g/mol. The molecule has 2 nitrogen and oxygen atoms in total. The summed E-state index contributed by atoms with van der Waals surface area (Å²) in [5.74, 6) is -0.0579. The standard InChI is InChI=1S/C13H17Cl2NO/c1-9(2)16(13(17)8-14)10(3)11-5-4-6-12(15)7-11/h4-7,9-10H,8H2,1-3H3. The van der Waals surface area contributed by atoms with Crippen molar-refractivity contribution in [1.29, 1.82) is 0 Å². The third-order valence-corrected chi connectivity index (χ3v) is 3.17. The van der Waals surface area contributed by atoms with E-state index in [1.54, 1.807) is 4.90 Å². The number of alkyl halides is 1. The SMILES string of the molecule is CC(C)N(C(=O)CCl)C(C)c1cccc(Cl)c1. The molecular formula is C13H17Cl2NO. The lowest BCUT2D eigenvalue weighted by Crippen LogP contribution is -2.39. The van der Waals surface area contributed by atoms with Crippen molar-refractivity contribution < 1.29 is 4.79 Å². The predicted octanol–water partition coefficient (Wildman–Crippen LogP) is 3.88. The predicted molar refractivity (Wildman–Crippen MR) is 72.6 cm³/mol. The number of halogens is 2. The zero-order chi connectivity index (χ0) is 13.0. The van der Waals surface area contributed by atoms with E-state index in [9.17, 15) is 4.79 Å². The lowest BCUT2D eigenvalue weighted by molar-refractivity contribution is -0.132. The Labute approximate surface area is 113 Å². The van der Waals surface area contributed by atoms with E-state index in [1.165, 1.54) is 0 Å². The summed E-state index contributed by atoms with van der Waals surface area (Å²) >= 11 is 11.6. The van der Waals surface area contributed by atoms with Crippen LogP contribution in [0.25, 0.3) is 0 Å². The molecule has 1 unspecified atom stereocenters. The molecule has 1 amide bonds. The number of hydrogen-bond acceptors (Lipinski definition) is 1. The highest BCUT2D eigenvalue weighted by atomic mass is 35.5. The van der Waals surface area contributed by atoms with Gasteiger partial charge in [0.15, 0.2) is 0 Å². The minimum atomic E-state index is -0.0610. The first-order chi connectivity index (χ1) is 7.97. The van der Waals surface area contributed by atoms with Crippen LogP contribution in [0, 0.1) is 0 Å². The Morgan fingerprint density at radius 1 is 1.35 bits per heavy atom. The van der Waals surface area contributed by atoms with Gasteiger partial charge in [0.05, 0.1) is 6.04 Å². The first-order valence-electron chi connectivity index (χ1n) is 5.60. The summed E-state index contributed by atoms with van der Waals surface area (Å²) in [6.45, 7) is 5.94. The molecule has 1 rings (SSSR count). The molecule has 17 heavy (non-hydrogen) atoms. The average molecular weight is 274 g/mol. The van der Waals surface area contributed by atoms with Crippen LogP contribution in [0.1, 0.15) is 32.4 Å². The van der Waals surface area contributed by atoms with E-state index in [2.05, 4.69) is 0 Å². The molecule has 0 spiro atoms. The first-order valence-corrected chi connectivity index (χ1v) is 6.51. The van der Waals surface area contributed by atoms with Gasteiger partial charge in [-0.05, 0) is 38.5 Å². The van der Waals surface area contributed by atoms with Gasteiger partial charge < -0.3 is 4.90 Å². The number of hydrogen-bond donors (Lipinski definition) is 0. The molecule has 0 N–H and O–H groups in total. The van der Waals surface area contributed by atoms with Gasteiger partial charge in [0.1, 0.15) is 5.88 Å². The Hall–Kier alpha value is -0.730. The van der Waals surface area contributed by atoms with Crippen molar-refractivity contribution in [3.63, 3.8) is 0 Å². The molecule has 0 bridgehead atoms. The first kappa shape index (κ1) is 14.3. The third-order valence-electron chi connectivity index (χ3n) is 2.71. The van der Waals surface area contributed by atoms with Crippen molar-refractivity contribution in [3.8, 4) is 0 Å². The van der Waals surface area contributed by atoms with Crippen LogP contribution in [-0.2, 0) is 4.79 Å². The molecule has 0 aliphatic rings. The van der Waals surface area contributed by atoms with Gasteiger partial charge >= 0.3 is 0 Å². The van der Waals surface area contributed by atoms with Crippen LogP contribution < -0.4 is 0 Å². The molecular weight excluding hydrogens is 257 g/mol. The number of carbonyl (C=O) groups is 1. The van der Waals surface area contributed by atoms with Crippen molar-refractivity contribution >= 4 is 29.1 Å². The summed E-state index contributed by atoms with van der Waals surface area (Å²) in [5.41, 5.74) is 1.02. The van der Waals surface area contributed by atoms with Gasteiger partial charge in [0.2, 0.25) is 5.91 Å². The van der Waals surface area contributed by atoms with E-state index >= 15 is 0 Å². The summed E-state index contributed by atoms with van der Waals surface area (Å²) in [6, 6.07) is 7.63. The molecule has 0 fully saturated rings. The molecule has 0 radical (unpaired) electrons. The van der Waals surface area contributed by atoms with E-state index < -0.39 is 0 Å². The Balaban J connectivity index is 2.99. The van der Waals surface area contributed by atoms with Gasteiger partial charge in [-0.3, -0.25) is 4.79 Å². The molecule has 0 saturated heterocycles. The average Bonchev–Trinajstić information content (AvgIpc) is 2.28. The quantitative estimate of drug-likeness (QED) is 0.763. The summed E-state index contributed by atoms with van der Waals surface area (Å²) < 4.78 is 0. The maximum Gasteiger partial charge on any atom is 0.238 e. The summed E-state index contributed by atoms with van der Waals surface area (Å²) in [5, 5.41) is 0.677. The normalized spacial score (nSPS) is 12.6. The van der Waals surface area contributed by atoms with Crippen LogP contribution in [0.5, 0.6) is 0 Å². The van der Waals surface area contributed by atoms with Crippen LogP contribution >= 0.6 is 23.2 Å². The fourth-order valence-corrected chi connectivity index (χ4v) is 2.28. The second-order valence-corrected chi connectivity index (χ2v) is 4.96. The molecule has 0 aromatic heterocycles. The van der Waals surface area contributed by atoms with Crippen LogP contribution in [0.15, 0.2) is 24.3 Å². The summed E-state index contributed by atoms with van der Waals surface area (Å²) in [7, 11) is 0. The highest BCUT2D eigenvalue weighted by Crippen LogP contribution is 2.25. The molecule has 0 aliphatic carbocycles. The highest BCUT2D eigenvalue weighted by Gasteiger charge is 2.23.